The average Bonchev–Trinajstić information content (AvgIpc) is 3.37. The van der Waals surface area contributed by atoms with E-state index in [1.165, 1.54) is 173 Å². The van der Waals surface area contributed by atoms with E-state index in [0.717, 1.165) is 77.0 Å². The Balaban J connectivity index is 5.21. The highest BCUT2D eigenvalue weighted by molar-refractivity contribution is 7.45. The van der Waals surface area contributed by atoms with E-state index in [-0.39, 0.29) is 24.9 Å². The summed E-state index contributed by atoms with van der Waals surface area (Å²) in [5.41, 5.74) is 0. The quantitative estimate of drug-likeness (QED) is 0.0212. The smallest absolute Gasteiger partial charge is 0.306 e. The molecule has 0 aliphatic rings. The molecule has 0 rings (SSSR count). The second-order valence-corrected chi connectivity index (χ2v) is 24.0. The molecule has 9 nitrogen and oxygen atoms in total. The Morgan fingerprint density at radius 3 is 1.25 bits per heavy atom. The normalized spacial score (nSPS) is 14.1. The van der Waals surface area contributed by atoms with Gasteiger partial charge in [0.25, 0.3) is 7.82 Å². The lowest BCUT2D eigenvalue weighted by Gasteiger charge is -2.30. The minimum atomic E-state index is -4.70. The van der Waals surface area contributed by atoms with E-state index < -0.39 is 26.6 Å². The summed E-state index contributed by atoms with van der Waals surface area (Å²) in [7, 11) is 1.17. The summed E-state index contributed by atoms with van der Waals surface area (Å²) in [4.78, 5) is 40.0. The molecular formula is C65H121N2O7P. The fourth-order valence-corrected chi connectivity index (χ4v) is 9.72. The fourth-order valence-electron chi connectivity index (χ4n) is 8.99. The molecule has 75 heavy (non-hydrogen) atoms. The van der Waals surface area contributed by atoms with Crippen molar-refractivity contribution in [2.75, 3.05) is 40.9 Å². The van der Waals surface area contributed by atoms with E-state index >= 15 is 0 Å². The molecule has 3 atom stereocenters. The predicted octanol–water partition coefficient (Wildman–Crippen LogP) is 18.8. The first-order valence-corrected chi connectivity index (χ1v) is 33.1. The van der Waals surface area contributed by atoms with Gasteiger partial charge in [-0.2, -0.15) is 0 Å². The maximum atomic E-state index is 13.5. The number of phosphoric acid groups is 1. The zero-order valence-corrected chi connectivity index (χ0v) is 50.9. The number of carbonyl (C=O) groups excluding carboxylic acids is 2. The van der Waals surface area contributed by atoms with Gasteiger partial charge in [-0.05, 0) is 96.0 Å². The molecule has 1 amide bonds. The van der Waals surface area contributed by atoms with E-state index in [9.17, 15) is 19.0 Å². The lowest BCUT2D eigenvalue weighted by atomic mass is 10.0. The Bertz CT molecular complexity index is 1470. The van der Waals surface area contributed by atoms with Gasteiger partial charge in [-0.15, -0.1) is 0 Å². The van der Waals surface area contributed by atoms with Crippen LogP contribution in [0.1, 0.15) is 290 Å². The lowest BCUT2D eigenvalue weighted by molar-refractivity contribution is -0.870. The summed E-state index contributed by atoms with van der Waals surface area (Å²) in [5.74, 6) is -0.562. The number of quaternary nitrogens is 1. The lowest BCUT2D eigenvalue weighted by Crippen LogP contribution is -2.47. The molecule has 0 saturated heterocycles. The van der Waals surface area contributed by atoms with Crippen LogP contribution in [0.3, 0.4) is 0 Å². The largest absolute Gasteiger partial charge is 0.756 e. The number of esters is 1. The predicted molar refractivity (Wildman–Crippen MR) is 321 cm³/mol. The molecule has 0 bridgehead atoms. The number of carbonyl (C=O) groups is 2. The first kappa shape index (κ1) is 72.7. The van der Waals surface area contributed by atoms with Crippen molar-refractivity contribution in [2.24, 2.45) is 0 Å². The molecule has 0 saturated carbocycles. The molecule has 0 heterocycles. The van der Waals surface area contributed by atoms with Gasteiger partial charge in [0.05, 0.1) is 33.8 Å². The Morgan fingerprint density at radius 1 is 0.467 bits per heavy atom. The number of allylic oxidation sites excluding steroid dienone is 9. The molecule has 1 N–H and O–H groups in total. The standard InChI is InChI=1S/C65H121N2O7P/c1-7-10-13-16-19-22-25-27-29-31-32-33-34-36-38-40-43-46-49-52-55-58-65(69)74-63(56-53-50-47-44-41-24-21-18-15-12-9-3)62(61-73-75(70,71)72-60-59-67(4,5)6)66-64(68)57-54-51-48-45-42-39-37-35-30-28-26-23-20-17-14-11-8-2/h20,23,27-30,37,39,53,56,62-63H,7-19,21-22,24-26,31-36,38,40-52,54-55,57-61H2,1-6H3,(H-,66,68,70,71)/b23-20-,29-27+,30-28-,39-37-,56-53+. The van der Waals surface area contributed by atoms with Gasteiger partial charge in [0.15, 0.2) is 0 Å². The van der Waals surface area contributed by atoms with Crippen LogP contribution in [0.2, 0.25) is 0 Å². The van der Waals surface area contributed by atoms with Crippen molar-refractivity contribution in [3.8, 4) is 0 Å². The fraction of sp³-hybridized carbons (Fsp3) is 0.815. The maximum Gasteiger partial charge on any atom is 0.306 e. The minimum Gasteiger partial charge on any atom is -0.756 e. The van der Waals surface area contributed by atoms with Crippen molar-refractivity contribution in [3.63, 3.8) is 0 Å². The number of hydrogen-bond donors (Lipinski definition) is 1. The number of nitrogens with zero attached hydrogens (tertiary/aromatic N) is 1. The van der Waals surface area contributed by atoms with E-state index in [4.69, 9.17) is 13.8 Å². The number of rotatable bonds is 57. The molecule has 438 valence electrons. The van der Waals surface area contributed by atoms with E-state index in [1.54, 1.807) is 0 Å². The van der Waals surface area contributed by atoms with Gasteiger partial charge in [-0.3, -0.25) is 14.2 Å². The highest BCUT2D eigenvalue weighted by Crippen LogP contribution is 2.38. The van der Waals surface area contributed by atoms with Crippen LogP contribution in [0, 0.1) is 0 Å². The van der Waals surface area contributed by atoms with Crippen molar-refractivity contribution >= 4 is 19.7 Å². The van der Waals surface area contributed by atoms with Crippen molar-refractivity contribution < 1.29 is 37.3 Å². The van der Waals surface area contributed by atoms with Gasteiger partial charge in [-0.1, -0.05) is 242 Å². The zero-order valence-electron chi connectivity index (χ0n) is 50.0. The van der Waals surface area contributed by atoms with Crippen molar-refractivity contribution in [2.45, 2.75) is 303 Å². The number of nitrogens with one attached hydrogen (secondary N) is 1. The number of ether oxygens (including phenoxy) is 1. The van der Waals surface area contributed by atoms with Crippen LogP contribution in [0.25, 0.3) is 0 Å². The summed E-state index contributed by atoms with van der Waals surface area (Å²) >= 11 is 0. The Morgan fingerprint density at radius 2 is 0.813 bits per heavy atom. The maximum absolute atomic E-state index is 13.5. The van der Waals surface area contributed by atoms with Gasteiger partial charge in [0.1, 0.15) is 19.3 Å². The summed E-state index contributed by atoms with van der Waals surface area (Å²) < 4.78 is 30.3. The third-order valence-electron chi connectivity index (χ3n) is 13.9. The van der Waals surface area contributed by atoms with Crippen LogP contribution in [-0.4, -0.2) is 69.4 Å². The highest BCUT2D eigenvalue weighted by atomic mass is 31.2. The SMILES string of the molecule is CCCCC/C=C\C/C=C\C/C=C\CCCCCCC(=O)NC(COP(=O)([O-])OCC[N+](C)(C)C)C(/C=C/CCCCCCCCCCC)OC(=O)CCCCCCCCCCCCC/C=C/CCCCCCCC. The number of likely N-dealkylation sites (N-methyl/N-ethyl adjacent to an activating group) is 1. The number of unbranched alkanes of at least 4 members (excludes halogenated alkanes) is 33. The van der Waals surface area contributed by atoms with Crippen molar-refractivity contribution in [1.29, 1.82) is 0 Å². The number of phosphoric ester groups is 1. The van der Waals surface area contributed by atoms with Crippen LogP contribution >= 0.6 is 7.82 Å². The number of amides is 1. The Labute approximate surface area is 464 Å². The summed E-state index contributed by atoms with van der Waals surface area (Å²) in [6.07, 6.45) is 69.0. The summed E-state index contributed by atoms with van der Waals surface area (Å²) in [6, 6.07) is -0.900. The van der Waals surface area contributed by atoms with Gasteiger partial charge in [0.2, 0.25) is 5.91 Å². The molecule has 0 spiro atoms. The minimum absolute atomic E-state index is 0.0278. The van der Waals surface area contributed by atoms with Gasteiger partial charge >= 0.3 is 5.97 Å². The van der Waals surface area contributed by atoms with E-state index in [1.807, 2.05) is 33.3 Å². The molecular weight excluding hydrogens is 952 g/mol. The first-order valence-electron chi connectivity index (χ1n) is 31.6. The summed E-state index contributed by atoms with van der Waals surface area (Å²) in [6.45, 7) is 6.80. The summed E-state index contributed by atoms with van der Waals surface area (Å²) in [5, 5.41) is 3.02. The van der Waals surface area contributed by atoms with Crippen LogP contribution in [0.4, 0.5) is 0 Å². The van der Waals surface area contributed by atoms with Crippen LogP contribution in [-0.2, 0) is 27.9 Å². The van der Waals surface area contributed by atoms with Crippen LogP contribution < -0.4 is 10.2 Å². The average molecular weight is 1070 g/mol. The van der Waals surface area contributed by atoms with Gasteiger partial charge in [-0.25, -0.2) is 0 Å². The molecule has 3 unspecified atom stereocenters. The van der Waals surface area contributed by atoms with Crippen LogP contribution in [0.5, 0.6) is 0 Å². The Hall–Kier alpha value is -2.29. The molecule has 0 aromatic heterocycles. The third kappa shape index (κ3) is 56.2. The molecule has 0 aliphatic heterocycles. The van der Waals surface area contributed by atoms with Crippen molar-refractivity contribution in [3.05, 3.63) is 60.8 Å². The van der Waals surface area contributed by atoms with E-state index in [0.29, 0.717) is 23.9 Å². The van der Waals surface area contributed by atoms with Gasteiger partial charge < -0.3 is 28.5 Å². The first-order chi connectivity index (χ1) is 36.4. The monoisotopic (exact) mass is 1070 g/mol. The second kappa shape index (κ2) is 55.0. The second-order valence-electron chi connectivity index (χ2n) is 22.6. The molecule has 0 radical (unpaired) electrons. The van der Waals surface area contributed by atoms with Gasteiger partial charge in [0, 0.05) is 12.8 Å². The number of hydrogen-bond acceptors (Lipinski definition) is 7. The molecule has 0 aromatic rings. The van der Waals surface area contributed by atoms with Crippen molar-refractivity contribution in [1.82, 2.24) is 5.32 Å². The Kier molecular flexibility index (Phi) is 53.4. The van der Waals surface area contributed by atoms with E-state index in [2.05, 4.69) is 74.7 Å². The molecule has 0 fully saturated rings. The molecule has 0 aromatic carbocycles. The molecule has 0 aliphatic carbocycles. The highest BCUT2D eigenvalue weighted by Gasteiger charge is 2.27. The van der Waals surface area contributed by atoms with Crippen LogP contribution in [0.15, 0.2) is 60.8 Å². The zero-order chi connectivity index (χ0) is 55.0. The third-order valence-corrected chi connectivity index (χ3v) is 14.9. The topological polar surface area (TPSA) is 114 Å². The molecule has 10 heteroatoms.